The average molecular weight is 192 g/mol. The highest BCUT2D eigenvalue weighted by molar-refractivity contribution is 5.70. The van der Waals surface area contributed by atoms with Crippen LogP contribution in [0.15, 0.2) is 30.3 Å². The van der Waals surface area contributed by atoms with E-state index < -0.39 is 0 Å². The summed E-state index contributed by atoms with van der Waals surface area (Å²) in [6, 6.07) is 9.64. The van der Waals surface area contributed by atoms with Gasteiger partial charge in [-0.3, -0.25) is 4.79 Å². The van der Waals surface area contributed by atoms with E-state index in [9.17, 15) is 4.79 Å². The fraction of sp³-hybridized carbons (Fsp3) is 0.364. The van der Waals surface area contributed by atoms with E-state index in [1.165, 1.54) is 0 Å². The van der Waals surface area contributed by atoms with Crippen LogP contribution in [0.2, 0.25) is 0 Å². The highest BCUT2D eigenvalue weighted by Gasteiger charge is 2.26. The predicted octanol–water partition coefficient (Wildman–Crippen LogP) is 1.52. The van der Waals surface area contributed by atoms with Gasteiger partial charge in [-0.05, 0) is 5.56 Å². The summed E-state index contributed by atoms with van der Waals surface area (Å²) >= 11 is 0. The van der Waals surface area contributed by atoms with Crippen LogP contribution in [0.25, 0.3) is 0 Å². The van der Waals surface area contributed by atoms with Crippen LogP contribution in [-0.4, -0.2) is 18.7 Å². The highest BCUT2D eigenvalue weighted by Crippen LogP contribution is 2.14. The Bertz CT molecular complexity index is 304. The minimum atomic E-state index is -0.184. The molecule has 1 heterocycles. The van der Waals surface area contributed by atoms with Crippen LogP contribution in [0.3, 0.4) is 0 Å². The first-order valence-electron chi connectivity index (χ1n) is 4.66. The summed E-state index contributed by atoms with van der Waals surface area (Å²) in [5.41, 5.74) is 1.01. The Labute approximate surface area is 82.6 Å². The summed E-state index contributed by atoms with van der Waals surface area (Å²) < 4.78 is 9.99. The largest absolute Gasteiger partial charge is 0.461 e. The Balaban J connectivity index is 1.73. The molecule has 1 aromatic rings. The lowest BCUT2D eigenvalue weighted by molar-refractivity contribution is -0.145. The van der Waals surface area contributed by atoms with Crippen molar-refractivity contribution in [2.24, 2.45) is 0 Å². The van der Waals surface area contributed by atoms with E-state index in [-0.39, 0.29) is 12.1 Å². The SMILES string of the molecule is O=C(CC1CO1)OCc1ccccc1. The zero-order valence-electron chi connectivity index (χ0n) is 7.81. The fourth-order valence-corrected chi connectivity index (χ4v) is 1.17. The molecule has 1 fully saturated rings. The van der Waals surface area contributed by atoms with Gasteiger partial charge in [0, 0.05) is 0 Å². The minimum absolute atomic E-state index is 0.110. The third-order valence-corrected chi connectivity index (χ3v) is 2.04. The van der Waals surface area contributed by atoms with Crippen LogP contribution < -0.4 is 0 Å². The third kappa shape index (κ3) is 2.85. The summed E-state index contributed by atoms with van der Waals surface area (Å²) in [4.78, 5) is 11.2. The molecule has 0 radical (unpaired) electrons. The molecule has 1 aliphatic rings. The zero-order valence-corrected chi connectivity index (χ0v) is 7.81. The maximum absolute atomic E-state index is 11.2. The van der Waals surface area contributed by atoms with Crippen molar-refractivity contribution in [1.29, 1.82) is 0 Å². The number of epoxide rings is 1. The molecule has 1 atom stereocenters. The Morgan fingerprint density at radius 1 is 1.43 bits per heavy atom. The number of esters is 1. The Hall–Kier alpha value is -1.35. The van der Waals surface area contributed by atoms with Gasteiger partial charge in [-0.25, -0.2) is 0 Å². The van der Waals surface area contributed by atoms with Crippen LogP contribution >= 0.6 is 0 Å². The minimum Gasteiger partial charge on any atom is -0.461 e. The topological polar surface area (TPSA) is 38.8 Å². The van der Waals surface area contributed by atoms with Gasteiger partial charge < -0.3 is 9.47 Å². The molecule has 0 amide bonds. The van der Waals surface area contributed by atoms with Gasteiger partial charge in [0.2, 0.25) is 0 Å². The molecule has 0 N–H and O–H groups in total. The van der Waals surface area contributed by atoms with Crippen LogP contribution in [0.1, 0.15) is 12.0 Å². The van der Waals surface area contributed by atoms with Crippen LogP contribution in [0, 0.1) is 0 Å². The van der Waals surface area contributed by atoms with Gasteiger partial charge in [0.25, 0.3) is 0 Å². The number of hydrogen-bond acceptors (Lipinski definition) is 3. The maximum atomic E-state index is 11.2. The zero-order chi connectivity index (χ0) is 9.80. The lowest BCUT2D eigenvalue weighted by atomic mass is 10.2. The quantitative estimate of drug-likeness (QED) is 0.536. The number of hydrogen-bond donors (Lipinski definition) is 0. The van der Waals surface area contributed by atoms with Crippen molar-refractivity contribution in [3.05, 3.63) is 35.9 Å². The number of benzene rings is 1. The van der Waals surface area contributed by atoms with E-state index in [1.54, 1.807) is 0 Å². The standard InChI is InChI=1S/C11H12O3/c12-11(6-10-8-13-10)14-7-9-4-2-1-3-5-9/h1-5,10H,6-8H2. The molecular weight excluding hydrogens is 180 g/mol. The van der Waals surface area contributed by atoms with Gasteiger partial charge in [-0.15, -0.1) is 0 Å². The Morgan fingerprint density at radius 2 is 2.14 bits per heavy atom. The molecule has 3 nitrogen and oxygen atoms in total. The molecule has 0 aliphatic carbocycles. The second kappa shape index (κ2) is 4.24. The second-order valence-corrected chi connectivity index (χ2v) is 3.31. The highest BCUT2D eigenvalue weighted by atomic mass is 16.6. The fourth-order valence-electron chi connectivity index (χ4n) is 1.17. The smallest absolute Gasteiger partial charge is 0.308 e. The van der Waals surface area contributed by atoms with Crippen LogP contribution in [-0.2, 0) is 20.9 Å². The molecule has 2 rings (SSSR count). The lowest BCUT2D eigenvalue weighted by Crippen LogP contribution is -2.07. The first-order chi connectivity index (χ1) is 6.84. The molecule has 0 spiro atoms. The van der Waals surface area contributed by atoms with Crippen LogP contribution in [0.5, 0.6) is 0 Å². The van der Waals surface area contributed by atoms with Crippen LogP contribution in [0.4, 0.5) is 0 Å². The molecule has 0 aromatic heterocycles. The van der Waals surface area contributed by atoms with Gasteiger partial charge in [0.1, 0.15) is 6.61 Å². The monoisotopic (exact) mass is 192 g/mol. The lowest BCUT2D eigenvalue weighted by Gasteiger charge is -2.02. The first kappa shape index (κ1) is 9.21. The van der Waals surface area contributed by atoms with Crippen molar-refractivity contribution in [3.8, 4) is 0 Å². The predicted molar refractivity (Wildman–Crippen MR) is 50.6 cm³/mol. The molecule has 74 valence electrons. The molecule has 1 unspecified atom stereocenters. The average Bonchev–Trinajstić information content (AvgIpc) is 3.00. The van der Waals surface area contributed by atoms with Gasteiger partial charge in [0.05, 0.1) is 19.1 Å². The Morgan fingerprint density at radius 3 is 2.79 bits per heavy atom. The van der Waals surface area contributed by atoms with E-state index in [0.29, 0.717) is 19.6 Å². The van der Waals surface area contributed by atoms with Gasteiger partial charge in [0.15, 0.2) is 0 Å². The maximum Gasteiger partial charge on any atom is 0.308 e. The molecule has 1 saturated heterocycles. The normalized spacial score (nSPS) is 19.0. The summed E-state index contributed by atoms with van der Waals surface area (Å²) in [6.45, 7) is 1.05. The van der Waals surface area contributed by atoms with Crippen molar-refractivity contribution in [2.45, 2.75) is 19.1 Å². The number of carbonyl (C=O) groups excluding carboxylic acids is 1. The van der Waals surface area contributed by atoms with Gasteiger partial charge in [-0.1, -0.05) is 30.3 Å². The summed E-state index contributed by atoms with van der Waals surface area (Å²) in [7, 11) is 0. The van der Waals surface area contributed by atoms with E-state index >= 15 is 0 Å². The molecule has 3 heteroatoms. The van der Waals surface area contributed by atoms with Crippen molar-refractivity contribution in [3.63, 3.8) is 0 Å². The van der Waals surface area contributed by atoms with Gasteiger partial charge in [-0.2, -0.15) is 0 Å². The van der Waals surface area contributed by atoms with Crippen molar-refractivity contribution in [2.75, 3.05) is 6.61 Å². The number of rotatable bonds is 4. The Kier molecular flexibility index (Phi) is 2.79. The first-order valence-corrected chi connectivity index (χ1v) is 4.66. The molecule has 0 bridgehead atoms. The van der Waals surface area contributed by atoms with Crippen molar-refractivity contribution >= 4 is 5.97 Å². The summed E-state index contributed by atoms with van der Waals surface area (Å²) in [5.74, 6) is -0.184. The summed E-state index contributed by atoms with van der Waals surface area (Å²) in [5, 5.41) is 0. The molecule has 14 heavy (non-hydrogen) atoms. The number of carbonyl (C=O) groups is 1. The van der Waals surface area contributed by atoms with E-state index in [0.717, 1.165) is 5.56 Å². The van der Waals surface area contributed by atoms with Gasteiger partial charge >= 0.3 is 5.97 Å². The molecular formula is C11H12O3. The van der Waals surface area contributed by atoms with Crippen molar-refractivity contribution < 1.29 is 14.3 Å². The van der Waals surface area contributed by atoms with E-state index in [4.69, 9.17) is 9.47 Å². The molecule has 1 aliphatic heterocycles. The third-order valence-electron chi connectivity index (χ3n) is 2.04. The number of ether oxygens (including phenoxy) is 2. The van der Waals surface area contributed by atoms with E-state index in [2.05, 4.69) is 0 Å². The molecule has 1 aromatic carbocycles. The molecule has 0 saturated carbocycles. The van der Waals surface area contributed by atoms with Crippen molar-refractivity contribution in [1.82, 2.24) is 0 Å². The summed E-state index contributed by atoms with van der Waals surface area (Å²) in [6.07, 6.45) is 0.491. The van der Waals surface area contributed by atoms with E-state index in [1.807, 2.05) is 30.3 Å². The second-order valence-electron chi connectivity index (χ2n) is 3.31.